The number of anilines is 3. The number of halogens is 3. The summed E-state index contributed by atoms with van der Waals surface area (Å²) in [6.07, 6.45) is 95.1. The Hall–Kier alpha value is -9.33. The summed E-state index contributed by atoms with van der Waals surface area (Å²) in [6.45, 7) is 10.1. The van der Waals surface area contributed by atoms with Crippen molar-refractivity contribution in [3.05, 3.63) is 37.2 Å². The fourth-order valence-corrected chi connectivity index (χ4v) is 19.7. The molecular weight excluding hydrogens is 1900 g/mol. The second kappa shape index (κ2) is 77.1. The quantitative estimate of drug-likeness (QED) is 0.00679. The zero-order valence-electron chi connectivity index (χ0n) is 91.6. The van der Waals surface area contributed by atoms with Gasteiger partial charge in [-0.2, -0.15) is 43.1 Å². The van der Waals surface area contributed by atoms with Crippen molar-refractivity contribution >= 4 is 80.8 Å². The molecule has 9 N–H and O–H groups in total. The van der Waals surface area contributed by atoms with Gasteiger partial charge in [0, 0.05) is 51.4 Å². The number of ether oxygens (including phenoxy) is 7. The Morgan fingerprint density at radius 2 is 0.544 bits per heavy atom. The lowest BCUT2D eigenvalue weighted by atomic mass is 9.98. The fourth-order valence-electron chi connectivity index (χ4n) is 19.7. The number of carbonyl (C=O) groups is 5. The van der Waals surface area contributed by atoms with Crippen LogP contribution >= 0.6 is 0 Å². The van der Waals surface area contributed by atoms with Crippen molar-refractivity contribution in [3.63, 3.8) is 0 Å². The van der Waals surface area contributed by atoms with Crippen molar-refractivity contribution in [1.29, 1.82) is 0 Å². The predicted molar refractivity (Wildman–Crippen MR) is 582 cm³/mol. The van der Waals surface area contributed by atoms with Crippen LogP contribution in [0.5, 0.6) is 0 Å². The largest absolute Gasteiger partial charge is 0.481 e. The third-order valence-corrected chi connectivity index (χ3v) is 28.9. The van der Waals surface area contributed by atoms with Crippen molar-refractivity contribution in [2.75, 3.05) is 37.0 Å². The smallest absolute Gasteiger partial charge is 0.312 e. The maximum absolute atomic E-state index is 14.2. The van der Waals surface area contributed by atoms with Crippen LogP contribution in [0.2, 0.25) is 0 Å². The number of terminal acetylenes is 3. The van der Waals surface area contributed by atoms with E-state index in [9.17, 15) is 47.4 Å². The van der Waals surface area contributed by atoms with E-state index in [4.69, 9.17) is 74.7 Å². The monoisotopic (exact) mass is 2090 g/mol. The van der Waals surface area contributed by atoms with Crippen molar-refractivity contribution < 1.29 is 85.6 Å². The molecule has 33 heteroatoms. The predicted octanol–water partition coefficient (Wildman–Crippen LogP) is 27.3. The molecule has 0 radical (unpaired) electrons. The lowest BCUT2D eigenvalue weighted by Gasteiger charge is -2.28. The number of aliphatic hydroxyl groups excluding tert-OH is 2. The molecule has 0 aliphatic carbocycles. The molecule has 0 aromatic carbocycles. The molecule has 3 saturated heterocycles. The zero-order chi connectivity index (χ0) is 108. The number of hydrogen-bond acceptors (Lipinski definition) is 26. The number of unbranched alkanes of at least 4 members (excludes halogenated alkanes) is 60. The highest BCUT2D eigenvalue weighted by molar-refractivity contribution is 5.83. The highest BCUT2D eigenvalue weighted by Crippen LogP contribution is 2.44. The van der Waals surface area contributed by atoms with Gasteiger partial charge in [0.1, 0.15) is 50.2 Å². The van der Waals surface area contributed by atoms with Crippen LogP contribution in [-0.2, 0) is 57.1 Å². The summed E-state index contributed by atoms with van der Waals surface area (Å²) in [5.41, 5.74) is 13.8. The molecule has 838 valence electrons. The van der Waals surface area contributed by atoms with Crippen LogP contribution in [-0.4, -0.2) is 159 Å². The van der Waals surface area contributed by atoms with Gasteiger partial charge in [0.25, 0.3) is 0 Å². The van der Waals surface area contributed by atoms with Gasteiger partial charge in [-0.15, -0.1) is 19.3 Å². The lowest BCUT2D eigenvalue weighted by Crippen LogP contribution is -2.45. The van der Waals surface area contributed by atoms with E-state index in [1.807, 2.05) is 0 Å². The Kier molecular flexibility index (Phi) is 66.4. The average molecular weight is 2090 g/mol. The van der Waals surface area contributed by atoms with Gasteiger partial charge >= 0.3 is 48.1 Å². The summed E-state index contributed by atoms with van der Waals surface area (Å²) in [5, 5.41) is 27.8. The van der Waals surface area contributed by atoms with E-state index in [1.165, 1.54) is 360 Å². The second-order valence-corrected chi connectivity index (χ2v) is 41.4. The van der Waals surface area contributed by atoms with Crippen LogP contribution < -0.4 is 17.2 Å². The van der Waals surface area contributed by atoms with Crippen LogP contribution in [0.15, 0.2) is 19.0 Å². The molecular formula is C116H188F3N15O15. The molecule has 9 heterocycles. The fraction of sp³-hybridized carbons (Fsp3) is 0.776. The highest BCUT2D eigenvalue weighted by Gasteiger charge is 2.55. The molecule has 0 saturated carbocycles. The van der Waals surface area contributed by atoms with Gasteiger partial charge in [-0.3, -0.25) is 37.7 Å². The van der Waals surface area contributed by atoms with Crippen LogP contribution in [0.3, 0.4) is 0 Å². The first-order valence-electron chi connectivity index (χ1n) is 58.1. The number of aliphatic hydroxyl groups is 2. The van der Waals surface area contributed by atoms with Gasteiger partial charge in [0.15, 0.2) is 56.5 Å². The van der Waals surface area contributed by atoms with Crippen LogP contribution in [0.25, 0.3) is 33.5 Å². The standard InChI is InChI=1S/2C44H72FN5O5.C16H32O2.C12H12FN5O3/c2*1-4-7-9-11-13-15-17-19-21-23-25-27-29-31-38(51)53-34-44(6-3)36(33-37(55-44)50-35-47-40-41(46)48-43(45)49-42(40)50)54-39(52)32-30-28-26-24-22-20-18-16-14-12-10-8-5-2;1-2-3-4-5-6-7-8-9-10-11-12-13-14-15-16(17)18;1-2-12(4-19)6(20)3-7(21-12)18-5-15-8-9(14)16-11(13)17-10(8)18/h2*3,35-37H,4-5,7-34H2,1-2H3,(H2,46,48,49);2-15H2,1H3,(H,17,18);1,5-7,19-20H,3-4H2,(H2,14,16,17)/t2*36-,37+,44+;;6-,7+,12+/m00.0/s1. The topological polar surface area (TPSA) is 420 Å². The van der Waals surface area contributed by atoms with Crippen molar-refractivity contribution in [3.8, 4) is 37.0 Å². The van der Waals surface area contributed by atoms with E-state index >= 15 is 0 Å². The van der Waals surface area contributed by atoms with E-state index in [-0.39, 0.29) is 133 Å². The lowest BCUT2D eigenvalue weighted by molar-refractivity contribution is -0.168. The van der Waals surface area contributed by atoms with Gasteiger partial charge in [0.2, 0.25) is 11.2 Å². The van der Waals surface area contributed by atoms with Crippen LogP contribution in [0.1, 0.15) is 522 Å². The Morgan fingerprint density at radius 1 is 0.336 bits per heavy atom. The number of aromatic nitrogens is 12. The van der Waals surface area contributed by atoms with Gasteiger partial charge < -0.3 is 65.7 Å². The minimum atomic E-state index is -1.55. The molecule has 3 fully saturated rings. The van der Waals surface area contributed by atoms with Gasteiger partial charge in [0.05, 0.1) is 25.6 Å². The summed E-state index contributed by atoms with van der Waals surface area (Å²) in [6, 6.07) is 0. The van der Waals surface area contributed by atoms with Gasteiger partial charge in [-0.25, -0.2) is 15.0 Å². The molecule has 0 amide bonds. The van der Waals surface area contributed by atoms with E-state index in [1.54, 1.807) is 0 Å². The molecule has 0 unspecified atom stereocenters. The summed E-state index contributed by atoms with van der Waals surface area (Å²) in [5.74, 6) is 5.05. The zero-order valence-corrected chi connectivity index (χ0v) is 91.6. The molecule has 149 heavy (non-hydrogen) atoms. The molecule has 0 spiro atoms. The molecule has 6 aromatic rings. The molecule has 9 rings (SSSR count). The number of carboxylic acids is 1. The summed E-state index contributed by atoms with van der Waals surface area (Å²) in [4.78, 5) is 96.6. The minimum absolute atomic E-state index is 0.0971. The number of nitrogen functional groups attached to an aromatic ring is 3. The van der Waals surface area contributed by atoms with Gasteiger partial charge in [-0.1, -0.05) is 438 Å². The first kappa shape index (κ1) is 128. The SMILES string of the molecule is C#C[C@]1(CO)O[C@@H](n2cnc3c(N)nc(F)nc32)C[C@@H]1O.C#C[C@]1(COC(=O)CCCCCCCCCCCCCCC)O[C@@H](n2cnc3c(N)nc(F)nc32)C[C@@H]1OC(=O)CCCCCCCCCCCCCCC.C#C[C@]1(COC(=O)CCCCCCCCCCCCCCC)O[C@@H](n2cnc3c(N)nc(F)nc32)C[C@@H]1OC(=O)CCCCCCCCCCCCCCC.CCCCCCCCCCCCCCCC(=O)O. The third-order valence-electron chi connectivity index (χ3n) is 28.9. The molecule has 9 atom stereocenters. The molecule has 0 bridgehead atoms. The second-order valence-electron chi connectivity index (χ2n) is 41.4. The maximum Gasteiger partial charge on any atom is 0.312 e. The number of nitrogens with zero attached hydrogens (tertiary/aromatic N) is 12. The normalized spacial score (nSPS) is 18.8. The van der Waals surface area contributed by atoms with Crippen molar-refractivity contribution in [2.24, 2.45) is 0 Å². The van der Waals surface area contributed by atoms with Crippen molar-refractivity contribution in [1.82, 2.24) is 58.6 Å². The molecule has 30 nitrogen and oxygen atoms in total. The number of aliphatic carboxylic acids is 1. The summed E-state index contributed by atoms with van der Waals surface area (Å²) >= 11 is 0. The Morgan fingerprint density at radius 3 is 0.758 bits per heavy atom. The van der Waals surface area contributed by atoms with E-state index in [2.05, 4.69) is 97.2 Å². The third kappa shape index (κ3) is 49.1. The van der Waals surface area contributed by atoms with E-state index in [0.29, 0.717) is 19.3 Å². The number of carbonyl (C=O) groups excluding carboxylic acids is 4. The van der Waals surface area contributed by atoms with Crippen LogP contribution in [0.4, 0.5) is 30.6 Å². The number of imidazole rings is 3. The minimum Gasteiger partial charge on any atom is -0.481 e. The highest BCUT2D eigenvalue weighted by atomic mass is 19.1. The number of carboxylic acid groups (broad SMARTS) is 1. The first-order valence-corrected chi connectivity index (χ1v) is 58.1. The maximum atomic E-state index is 14.2. The summed E-state index contributed by atoms with van der Waals surface area (Å²) < 4.78 is 87.6. The Bertz CT molecular complexity index is 4600. The molecule has 3 aliphatic rings. The van der Waals surface area contributed by atoms with E-state index < -0.39 is 84.6 Å². The summed E-state index contributed by atoms with van der Waals surface area (Å²) in [7, 11) is 0. The molecule has 3 aliphatic heterocycles. The van der Waals surface area contributed by atoms with E-state index in [0.717, 1.165) is 77.0 Å². The van der Waals surface area contributed by atoms with Crippen LogP contribution in [0, 0.1) is 55.3 Å². The number of fused-ring (bicyclic) bond motifs is 3. The van der Waals surface area contributed by atoms with Crippen molar-refractivity contribution in [2.45, 2.75) is 557 Å². The van der Waals surface area contributed by atoms with Gasteiger partial charge in [-0.05, 0) is 32.1 Å². The molecule has 6 aromatic heterocycles. The number of rotatable bonds is 80. The number of esters is 4. The number of hydrogen-bond donors (Lipinski definition) is 6. The Balaban J connectivity index is 0.000000335. The Labute approximate surface area is 888 Å². The first-order chi connectivity index (χ1) is 72.4. The average Bonchev–Trinajstić information content (AvgIpc) is 1.61. The number of nitrogens with two attached hydrogens (primary N) is 3.